The van der Waals surface area contributed by atoms with Crippen molar-refractivity contribution in [1.29, 1.82) is 0 Å². The normalized spacial score (nSPS) is 26.2. The number of halogens is 2. The molecular weight excluding hydrogens is 434 g/mol. The van der Waals surface area contributed by atoms with E-state index in [0.717, 1.165) is 12.8 Å². The molecule has 1 saturated carbocycles. The first-order chi connectivity index (χ1) is 14.5. The highest BCUT2D eigenvalue weighted by molar-refractivity contribution is 7.91. The van der Waals surface area contributed by atoms with Crippen molar-refractivity contribution in [1.82, 2.24) is 10.3 Å². The number of aromatic nitrogens is 1. The van der Waals surface area contributed by atoms with Crippen LogP contribution in [0, 0.1) is 5.92 Å². The lowest BCUT2D eigenvalue weighted by Crippen LogP contribution is -2.56. The van der Waals surface area contributed by atoms with Gasteiger partial charge in [-0.3, -0.25) is 9.59 Å². The Hall–Kier alpha value is -2.50. The number of hydrogen-bond acceptors (Lipinski definition) is 7. The number of nitrogens with one attached hydrogen (secondary N) is 1. The molecule has 1 aliphatic carbocycles. The van der Waals surface area contributed by atoms with Gasteiger partial charge in [0.2, 0.25) is 11.8 Å². The summed E-state index contributed by atoms with van der Waals surface area (Å²) in [6.45, 7) is -0.543. The number of nitrogens with two attached hydrogens (primary N) is 1. The van der Waals surface area contributed by atoms with Crippen LogP contribution in [0.25, 0.3) is 0 Å². The van der Waals surface area contributed by atoms with Gasteiger partial charge in [0.15, 0.2) is 9.84 Å². The number of ether oxygens (including phenoxy) is 1. The Morgan fingerprint density at radius 1 is 1.29 bits per heavy atom. The molecule has 31 heavy (non-hydrogen) atoms. The first-order valence-corrected chi connectivity index (χ1v) is 11.9. The lowest BCUT2D eigenvalue weighted by molar-refractivity contribution is -0.119. The van der Waals surface area contributed by atoms with Crippen molar-refractivity contribution < 1.29 is 31.5 Å². The van der Waals surface area contributed by atoms with E-state index in [4.69, 9.17) is 10.5 Å². The summed E-state index contributed by atoms with van der Waals surface area (Å²) in [6, 6.07) is 2.86. The van der Waals surface area contributed by atoms with E-state index in [1.54, 1.807) is 0 Å². The maximum absolute atomic E-state index is 13.3. The van der Waals surface area contributed by atoms with Crippen LogP contribution in [0.15, 0.2) is 12.1 Å². The minimum absolute atomic E-state index is 0.0602. The molecule has 1 aromatic rings. The average molecular weight is 458 g/mol. The second-order valence-electron chi connectivity index (χ2n) is 8.71. The molecule has 3 aliphatic rings. The topological polar surface area (TPSA) is 132 Å². The standard InChI is InChI=1S/C19H24F2N4O5S/c20-19(21)9-25(10-19)14-4-3-13(23-17(14)30-8-12-1-2-12)16(27)24-18(7-15(22)26)5-6-31(28,29)11-18/h3-4,12H,1-2,5-11H2,(H2,22,26)(H,24,27). The van der Waals surface area contributed by atoms with Crippen LogP contribution in [0.1, 0.15) is 36.2 Å². The van der Waals surface area contributed by atoms with Crippen molar-refractivity contribution in [3.63, 3.8) is 0 Å². The molecule has 3 fully saturated rings. The molecule has 3 heterocycles. The Labute approximate surface area is 178 Å². The Balaban J connectivity index is 1.55. The number of carbonyl (C=O) groups excluding carboxylic acids is 2. The maximum atomic E-state index is 13.3. The van der Waals surface area contributed by atoms with Crippen molar-refractivity contribution >= 4 is 27.3 Å². The van der Waals surface area contributed by atoms with E-state index in [0.29, 0.717) is 18.2 Å². The van der Waals surface area contributed by atoms with Gasteiger partial charge in [-0.2, -0.15) is 0 Å². The summed E-state index contributed by atoms with van der Waals surface area (Å²) in [4.78, 5) is 30.0. The van der Waals surface area contributed by atoms with E-state index in [2.05, 4.69) is 10.3 Å². The first kappa shape index (κ1) is 21.7. The van der Waals surface area contributed by atoms with Gasteiger partial charge in [-0.15, -0.1) is 0 Å². The Kier molecular flexibility index (Phi) is 5.31. The minimum Gasteiger partial charge on any atom is -0.476 e. The third kappa shape index (κ3) is 5.05. The quantitative estimate of drug-likeness (QED) is 0.579. The summed E-state index contributed by atoms with van der Waals surface area (Å²) in [5.74, 6) is -4.28. The van der Waals surface area contributed by atoms with Crippen molar-refractivity contribution in [3.05, 3.63) is 17.8 Å². The molecule has 9 nitrogen and oxygen atoms in total. The number of rotatable bonds is 8. The highest BCUT2D eigenvalue weighted by Crippen LogP contribution is 2.38. The van der Waals surface area contributed by atoms with Crippen LogP contribution in [0.4, 0.5) is 14.5 Å². The van der Waals surface area contributed by atoms with Gasteiger partial charge in [0.1, 0.15) is 11.4 Å². The predicted molar refractivity (Wildman–Crippen MR) is 107 cm³/mol. The van der Waals surface area contributed by atoms with E-state index < -0.39 is 46.2 Å². The number of hydrogen-bond donors (Lipinski definition) is 2. The number of pyridine rings is 1. The Bertz CT molecular complexity index is 1010. The molecule has 0 spiro atoms. The Morgan fingerprint density at radius 2 is 2.00 bits per heavy atom. The molecule has 2 saturated heterocycles. The molecule has 4 rings (SSSR count). The van der Waals surface area contributed by atoms with Gasteiger partial charge in [-0.25, -0.2) is 22.2 Å². The smallest absolute Gasteiger partial charge is 0.282 e. The number of carbonyl (C=O) groups is 2. The molecule has 0 aromatic carbocycles. The molecular formula is C19H24F2N4O5S. The fourth-order valence-corrected chi connectivity index (χ4v) is 5.91. The van der Waals surface area contributed by atoms with Crippen LogP contribution < -0.4 is 20.7 Å². The zero-order valence-corrected chi connectivity index (χ0v) is 17.6. The summed E-state index contributed by atoms with van der Waals surface area (Å²) < 4.78 is 56.3. The fourth-order valence-electron chi connectivity index (χ4n) is 3.91. The number of alkyl halides is 2. The van der Waals surface area contributed by atoms with Crippen molar-refractivity contribution in [2.45, 2.75) is 37.1 Å². The highest BCUT2D eigenvalue weighted by Gasteiger charge is 2.46. The number of sulfone groups is 1. The van der Waals surface area contributed by atoms with E-state index in [9.17, 15) is 26.8 Å². The van der Waals surface area contributed by atoms with Crippen LogP contribution >= 0.6 is 0 Å². The molecule has 2 aliphatic heterocycles. The van der Waals surface area contributed by atoms with E-state index in [1.807, 2.05) is 0 Å². The average Bonchev–Trinajstić information content (AvgIpc) is 3.41. The van der Waals surface area contributed by atoms with Crippen LogP contribution in [0.5, 0.6) is 5.88 Å². The third-order valence-corrected chi connectivity index (χ3v) is 7.51. The van der Waals surface area contributed by atoms with Crippen molar-refractivity contribution in [3.8, 4) is 5.88 Å². The zero-order chi connectivity index (χ0) is 22.4. The predicted octanol–water partition coefficient (Wildman–Crippen LogP) is 0.488. The van der Waals surface area contributed by atoms with Gasteiger partial charge in [0.25, 0.3) is 11.8 Å². The SMILES string of the molecule is NC(=O)CC1(NC(=O)c2ccc(N3CC(F)(F)C3)c(OCC3CC3)n2)CCS(=O)(=O)C1. The summed E-state index contributed by atoms with van der Waals surface area (Å²) in [5.41, 5.74) is 4.29. The van der Waals surface area contributed by atoms with Gasteiger partial charge >= 0.3 is 0 Å². The lowest BCUT2D eigenvalue weighted by Gasteiger charge is -2.40. The van der Waals surface area contributed by atoms with Gasteiger partial charge in [-0.05, 0) is 37.3 Å². The molecule has 1 unspecified atom stereocenters. The van der Waals surface area contributed by atoms with Crippen molar-refractivity contribution in [2.75, 3.05) is 36.1 Å². The van der Waals surface area contributed by atoms with Gasteiger partial charge < -0.3 is 20.7 Å². The monoisotopic (exact) mass is 458 g/mol. The van der Waals surface area contributed by atoms with Gasteiger partial charge in [0.05, 0.1) is 43.2 Å². The highest BCUT2D eigenvalue weighted by atomic mass is 32.2. The molecule has 12 heteroatoms. The third-order valence-electron chi connectivity index (χ3n) is 5.69. The van der Waals surface area contributed by atoms with Gasteiger partial charge in [0, 0.05) is 0 Å². The molecule has 1 atom stereocenters. The molecule has 3 N–H and O–H groups in total. The van der Waals surface area contributed by atoms with Crippen LogP contribution in [0.3, 0.4) is 0 Å². The molecule has 2 amide bonds. The molecule has 1 aromatic heterocycles. The van der Waals surface area contributed by atoms with E-state index >= 15 is 0 Å². The summed E-state index contributed by atoms with van der Waals surface area (Å²) >= 11 is 0. The van der Waals surface area contributed by atoms with Crippen molar-refractivity contribution in [2.24, 2.45) is 11.7 Å². The van der Waals surface area contributed by atoms with E-state index in [1.165, 1.54) is 17.0 Å². The second kappa shape index (κ2) is 7.57. The molecule has 0 bridgehead atoms. The van der Waals surface area contributed by atoms with Crippen LogP contribution in [0.2, 0.25) is 0 Å². The van der Waals surface area contributed by atoms with E-state index in [-0.39, 0.29) is 35.9 Å². The number of anilines is 1. The largest absolute Gasteiger partial charge is 0.476 e. The fraction of sp³-hybridized carbons (Fsp3) is 0.632. The minimum atomic E-state index is -3.42. The number of amides is 2. The maximum Gasteiger partial charge on any atom is 0.282 e. The second-order valence-corrected chi connectivity index (χ2v) is 10.9. The number of nitrogens with zero attached hydrogens (tertiary/aromatic N) is 2. The lowest BCUT2D eigenvalue weighted by atomic mass is 9.94. The van der Waals surface area contributed by atoms with Crippen LogP contribution in [-0.2, 0) is 14.6 Å². The first-order valence-electron chi connectivity index (χ1n) is 10.0. The molecule has 0 radical (unpaired) electrons. The summed E-state index contributed by atoms with van der Waals surface area (Å²) in [5, 5.41) is 2.62. The van der Waals surface area contributed by atoms with Crippen LogP contribution in [-0.4, -0.2) is 67.9 Å². The zero-order valence-electron chi connectivity index (χ0n) is 16.8. The molecule has 170 valence electrons. The Morgan fingerprint density at radius 3 is 2.55 bits per heavy atom. The number of primary amides is 1. The summed E-state index contributed by atoms with van der Waals surface area (Å²) in [6.07, 6.45) is 1.78. The summed E-state index contributed by atoms with van der Waals surface area (Å²) in [7, 11) is -3.42. The van der Waals surface area contributed by atoms with Gasteiger partial charge in [-0.1, -0.05) is 0 Å².